The molecule has 0 atom stereocenters. The molecule has 0 aliphatic carbocycles. The molecule has 1 heteroatoms. The summed E-state index contributed by atoms with van der Waals surface area (Å²) >= 11 is 1.20. The van der Waals surface area contributed by atoms with Gasteiger partial charge in [0, 0.05) is 6.07 Å². The van der Waals surface area contributed by atoms with Crippen LogP contribution in [0.4, 0.5) is 0 Å². The molecule has 2 aromatic rings. The van der Waals surface area contributed by atoms with E-state index in [1.165, 1.54) is 16.7 Å². The molecule has 0 N–H and O–H groups in total. The van der Waals surface area contributed by atoms with Crippen molar-refractivity contribution in [3.05, 3.63) is 60.7 Å². The fourth-order valence-corrected chi connectivity index (χ4v) is 1.93. The van der Waals surface area contributed by atoms with Gasteiger partial charge < -0.3 is 0 Å². The van der Waals surface area contributed by atoms with Crippen LogP contribution in [0.25, 0.3) is 0 Å². The fraction of sp³-hybridized carbons (Fsp3) is 0. The Kier molecular flexibility index (Phi) is 2.54. The second-order valence-corrected chi connectivity index (χ2v) is 3.85. The van der Waals surface area contributed by atoms with E-state index in [0.717, 1.165) is 4.90 Å². The van der Waals surface area contributed by atoms with E-state index in [1.807, 2.05) is 18.2 Å². The van der Waals surface area contributed by atoms with Gasteiger partial charge in [0.2, 0.25) is 4.90 Å². The number of hydrogen-bond acceptors (Lipinski definition) is 0. The molecule has 0 radical (unpaired) electrons. The third-order valence-electron chi connectivity index (χ3n) is 1.64. The van der Waals surface area contributed by atoms with E-state index in [1.54, 1.807) is 0 Å². The molecule has 62 valence electrons. The average Bonchev–Trinajstić information content (AvgIpc) is 2.21. The van der Waals surface area contributed by atoms with Gasteiger partial charge in [0.1, 0.15) is 0 Å². The number of rotatable bonds is 2. The molecule has 0 fully saturated rings. The van der Waals surface area contributed by atoms with Gasteiger partial charge in [-0.3, -0.25) is 0 Å². The highest BCUT2D eigenvalue weighted by atomic mass is 32.2. The van der Waals surface area contributed by atoms with Gasteiger partial charge in [0.15, 0.2) is 4.90 Å². The van der Waals surface area contributed by atoms with Gasteiger partial charge in [-0.2, -0.15) is 0 Å². The van der Waals surface area contributed by atoms with Gasteiger partial charge in [-0.15, -0.1) is 0 Å². The Balaban J connectivity index is 2.16. The molecule has 0 amide bonds. The Labute approximate surface area is 82.6 Å². The molecule has 0 spiro atoms. The van der Waals surface area contributed by atoms with E-state index < -0.39 is 0 Å². The van der Waals surface area contributed by atoms with E-state index in [9.17, 15) is 0 Å². The van der Waals surface area contributed by atoms with Crippen molar-refractivity contribution in [1.29, 1.82) is 0 Å². The third kappa shape index (κ3) is 2.27. The maximum Gasteiger partial charge on any atom is 0.208 e. The molecular weight excluding hydrogens is 176 g/mol. The Hall–Kier alpha value is -1.39. The Morgan fingerprint density at radius 1 is 0.923 bits per heavy atom. The molecular formula is C12H9S+. The van der Waals surface area contributed by atoms with Crippen molar-refractivity contribution in [2.24, 2.45) is 0 Å². The van der Waals surface area contributed by atoms with Gasteiger partial charge in [-0.05, 0) is 30.3 Å². The van der Waals surface area contributed by atoms with Crippen LogP contribution in [0.3, 0.4) is 0 Å². The van der Waals surface area contributed by atoms with Gasteiger partial charge in [0.25, 0.3) is 0 Å². The first-order valence-electron chi connectivity index (χ1n) is 4.10. The number of hydrogen-bond donors (Lipinski definition) is 0. The average molecular weight is 185 g/mol. The fourth-order valence-electron chi connectivity index (χ4n) is 1.05. The first-order chi connectivity index (χ1) is 6.45. The smallest absolute Gasteiger partial charge is 0.0651 e. The zero-order chi connectivity index (χ0) is 8.93. The van der Waals surface area contributed by atoms with E-state index in [0.29, 0.717) is 0 Å². The predicted molar refractivity (Wildman–Crippen MR) is 55.8 cm³/mol. The van der Waals surface area contributed by atoms with Crippen LogP contribution in [0.15, 0.2) is 58.3 Å². The maximum absolute atomic E-state index is 3.08. The van der Waals surface area contributed by atoms with Crippen LogP contribution in [0.2, 0.25) is 0 Å². The summed E-state index contributed by atoms with van der Waals surface area (Å²) in [4.78, 5) is 2.45. The minimum atomic E-state index is 1.16. The third-order valence-corrected chi connectivity index (χ3v) is 2.70. The molecule has 13 heavy (non-hydrogen) atoms. The van der Waals surface area contributed by atoms with Crippen molar-refractivity contribution in [2.75, 3.05) is 0 Å². The van der Waals surface area contributed by atoms with Crippen molar-refractivity contribution in [3.8, 4) is 0 Å². The first kappa shape index (κ1) is 8.22. The summed E-state index contributed by atoms with van der Waals surface area (Å²) in [6.45, 7) is 0. The molecule has 0 aromatic heterocycles. The highest BCUT2D eigenvalue weighted by Crippen LogP contribution is 2.08. The van der Waals surface area contributed by atoms with Gasteiger partial charge >= 0.3 is 0 Å². The summed E-state index contributed by atoms with van der Waals surface area (Å²) in [7, 11) is 0. The lowest BCUT2D eigenvalue weighted by molar-refractivity contribution is 1.41. The van der Waals surface area contributed by atoms with Crippen LogP contribution in [0, 0.1) is 12.1 Å². The summed E-state index contributed by atoms with van der Waals surface area (Å²) < 4.78 is 0. The monoisotopic (exact) mass is 185 g/mol. The van der Waals surface area contributed by atoms with Crippen molar-refractivity contribution in [2.45, 2.75) is 9.79 Å². The zero-order valence-corrected chi connectivity index (χ0v) is 7.96. The molecule has 0 aliphatic heterocycles. The molecule has 0 saturated heterocycles. The molecule has 0 heterocycles. The van der Waals surface area contributed by atoms with Crippen LogP contribution in [0.5, 0.6) is 0 Å². The van der Waals surface area contributed by atoms with E-state index in [4.69, 9.17) is 0 Å². The lowest BCUT2D eigenvalue weighted by atomic mass is 10.4. The lowest BCUT2D eigenvalue weighted by Gasteiger charge is -1.87. The van der Waals surface area contributed by atoms with Crippen LogP contribution in [-0.2, 0) is 11.8 Å². The summed E-state index contributed by atoms with van der Waals surface area (Å²) in [5.74, 6) is 0. The van der Waals surface area contributed by atoms with Crippen molar-refractivity contribution in [3.63, 3.8) is 0 Å². The van der Waals surface area contributed by atoms with E-state index in [-0.39, 0.29) is 0 Å². The van der Waals surface area contributed by atoms with Crippen molar-refractivity contribution in [1.82, 2.24) is 0 Å². The minimum absolute atomic E-state index is 1.16. The van der Waals surface area contributed by atoms with Crippen molar-refractivity contribution < 1.29 is 0 Å². The molecule has 0 bridgehead atoms. The highest BCUT2D eigenvalue weighted by molar-refractivity contribution is 7.78. The summed E-state index contributed by atoms with van der Waals surface area (Å²) in [6, 6.07) is 22.3. The Morgan fingerprint density at radius 2 is 1.77 bits per heavy atom. The molecule has 0 nitrogen and oxygen atoms in total. The second-order valence-electron chi connectivity index (χ2n) is 2.63. The second kappa shape index (κ2) is 4.02. The molecule has 0 unspecified atom stereocenters. The molecule has 2 rings (SSSR count). The van der Waals surface area contributed by atoms with Crippen LogP contribution >= 0.6 is 0 Å². The Morgan fingerprint density at radius 3 is 2.46 bits per heavy atom. The topological polar surface area (TPSA) is 0 Å². The quantitative estimate of drug-likeness (QED) is 0.498. The van der Waals surface area contributed by atoms with Crippen LogP contribution in [0.1, 0.15) is 0 Å². The Bertz CT molecular complexity index is 316. The highest BCUT2D eigenvalue weighted by Gasteiger charge is 2.03. The van der Waals surface area contributed by atoms with Gasteiger partial charge in [-0.25, -0.2) is 0 Å². The minimum Gasteiger partial charge on any atom is -0.0651 e. The van der Waals surface area contributed by atoms with Crippen molar-refractivity contribution >= 4 is 11.8 Å². The zero-order valence-electron chi connectivity index (χ0n) is 7.07. The van der Waals surface area contributed by atoms with Gasteiger partial charge in [0.05, 0.1) is 11.8 Å². The lowest BCUT2D eigenvalue weighted by Crippen LogP contribution is -1.81. The predicted octanol–water partition coefficient (Wildman–Crippen LogP) is 2.52. The van der Waals surface area contributed by atoms with Gasteiger partial charge in [-0.1, -0.05) is 24.3 Å². The summed E-state index contributed by atoms with van der Waals surface area (Å²) in [5, 5.41) is 0. The van der Waals surface area contributed by atoms with Crippen LogP contribution in [-0.4, -0.2) is 0 Å². The largest absolute Gasteiger partial charge is 0.208 e. The first-order valence-corrected chi connectivity index (χ1v) is 5.00. The molecule has 2 aromatic carbocycles. The number of thiol groups is 1. The number of benzene rings is 1. The SMILES string of the molecule is c1cccc([SH+]c2ccccc2)c#1. The molecule has 0 aliphatic rings. The normalized spacial score (nSPS) is 9.23. The maximum atomic E-state index is 3.08. The van der Waals surface area contributed by atoms with Crippen LogP contribution < -0.4 is 0 Å². The summed E-state index contributed by atoms with van der Waals surface area (Å²) in [5.41, 5.74) is 0. The summed E-state index contributed by atoms with van der Waals surface area (Å²) in [6.07, 6.45) is 0. The van der Waals surface area contributed by atoms with E-state index >= 15 is 0 Å². The van der Waals surface area contributed by atoms with E-state index in [2.05, 4.69) is 42.5 Å². The standard InChI is InChI=1S/C12H8S/c1-3-7-11(8-4-1)13-12-9-5-2-6-10-12/h1-5,7-9H/p+1. The molecule has 0 saturated carbocycles.